The Morgan fingerprint density at radius 1 is 0.778 bits per heavy atom. The van der Waals surface area contributed by atoms with Crippen LogP contribution in [-0.4, -0.2) is 4.83 Å². The molecule has 0 amide bonds. The van der Waals surface area contributed by atoms with Gasteiger partial charge in [0.25, 0.3) is 0 Å². The molecule has 0 fully saturated rings. The predicted octanol–water partition coefficient (Wildman–Crippen LogP) is 10.1. The zero-order valence-electron chi connectivity index (χ0n) is 16.1. The smallest absolute Gasteiger partial charge is 0.0433 e. The first-order chi connectivity index (χ1) is 12.4. The topological polar surface area (TPSA) is 0 Å². The molecule has 0 aliphatic rings. The molecule has 0 heterocycles. The Hall–Kier alpha value is 0.320. The fourth-order valence-corrected chi connectivity index (χ4v) is 3.39. The number of hydrogen-bond donors (Lipinski definition) is 0. The molecule has 0 aromatic heterocycles. The highest BCUT2D eigenvalue weighted by Crippen LogP contribution is 2.36. The van der Waals surface area contributed by atoms with Crippen molar-refractivity contribution in [1.82, 2.24) is 0 Å². The fourth-order valence-electron chi connectivity index (χ4n) is 2.58. The predicted molar refractivity (Wildman–Crippen MR) is 143 cm³/mol. The summed E-state index contributed by atoms with van der Waals surface area (Å²) < 4.78 is 3.72. The number of alkyl halides is 1. The van der Waals surface area contributed by atoms with Gasteiger partial charge in [-0.2, -0.15) is 0 Å². The van der Waals surface area contributed by atoms with E-state index in [0.29, 0.717) is 0 Å². The van der Waals surface area contributed by atoms with E-state index in [1.807, 2.05) is 0 Å². The second kappa shape index (κ2) is 10.9. The van der Waals surface area contributed by atoms with Crippen LogP contribution in [0.1, 0.15) is 47.2 Å². The summed E-state index contributed by atoms with van der Waals surface area (Å²) in [4.78, 5) is 0.238. The van der Waals surface area contributed by atoms with Crippen molar-refractivity contribution in [2.75, 3.05) is 0 Å². The number of halogens is 5. The number of allylic oxidation sites excluding steroid dienone is 5. The Balaban J connectivity index is 3.98. The summed E-state index contributed by atoms with van der Waals surface area (Å²) in [5.41, 5.74) is 8.41. The van der Waals surface area contributed by atoms with E-state index in [-0.39, 0.29) is 4.83 Å². The average Bonchev–Trinajstić information content (AvgIpc) is 2.58. The molecule has 0 aliphatic heterocycles. The monoisotopic (exact) mass is 682 g/mol. The van der Waals surface area contributed by atoms with E-state index in [1.54, 1.807) is 0 Å². The van der Waals surface area contributed by atoms with Crippen LogP contribution in [-0.2, 0) is 0 Å². The molecule has 0 saturated carbocycles. The number of benzene rings is 1. The molecule has 0 bridgehead atoms. The van der Waals surface area contributed by atoms with Gasteiger partial charge in [-0.05, 0) is 102 Å². The maximum atomic E-state index is 3.99. The van der Waals surface area contributed by atoms with E-state index in [4.69, 9.17) is 0 Å². The molecule has 0 spiro atoms. The van der Waals surface area contributed by atoms with Crippen molar-refractivity contribution in [2.45, 2.75) is 39.4 Å². The van der Waals surface area contributed by atoms with Crippen molar-refractivity contribution in [2.24, 2.45) is 0 Å². The first-order valence-electron chi connectivity index (χ1n) is 8.28. The first-order valence-corrected chi connectivity index (χ1v) is 12.4. The normalized spacial score (nSPS) is 14.4. The third kappa shape index (κ3) is 6.67. The van der Waals surface area contributed by atoms with Crippen LogP contribution in [0.25, 0.3) is 18.2 Å². The van der Waals surface area contributed by atoms with E-state index >= 15 is 0 Å². The third-order valence-electron chi connectivity index (χ3n) is 4.45. The molecule has 146 valence electrons. The van der Waals surface area contributed by atoms with E-state index in [0.717, 1.165) is 29.1 Å². The highest BCUT2D eigenvalue weighted by atomic mass is 79.9. The lowest BCUT2D eigenvalue weighted by atomic mass is 9.87. The van der Waals surface area contributed by atoms with Crippen LogP contribution in [0, 0.1) is 20.8 Å². The molecule has 0 saturated heterocycles. The van der Waals surface area contributed by atoms with Gasteiger partial charge in [0.15, 0.2) is 0 Å². The van der Waals surface area contributed by atoms with Gasteiger partial charge in [-0.1, -0.05) is 83.0 Å². The second-order valence-corrected chi connectivity index (χ2v) is 11.4. The Kier molecular flexibility index (Phi) is 10.2. The zero-order chi connectivity index (χ0) is 21.0. The van der Waals surface area contributed by atoms with Crippen molar-refractivity contribution < 1.29 is 0 Å². The Morgan fingerprint density at radius 2 is 1.26 bits per heavy atom. The van der Waals surface area contributed by atoms with Crippen molar-refractivity contribution in [3.05, 3.63) is 70.0 Å². The lowest BCUT2D eigenvalue weighted by molar-refractivity contribution is 1.23. The summed E-state index contributed by atoms with van der Waals surface area (Å²) in [6.45, 7) is 18.6. The molecule has 0 N–H and O–H groups in total. The minimum Gasteiger partial charge on any atom is -0.0845 e. The highest BCUT2D eigenvalue weighted by molar-refractivity contribution is 9.15. The van der Waals surface area contributed by atoms with Gasteiger partial charge in [0, 0.05) is 22.8 Å². The van der Waals surface area contributed by atoms with Crippen molar-refractivity contribution in [3.63, 3.8) is 0 Å². The summed E-state index contributed by atoms with van der Waals surface area (Å²) in [7, 11) is 0. The molecular formula is C22H23Br5. The summed E-state index contributed by atoms with van der Waals surface area (Å²) in [6.07, 6.45) is 6.51. The highest BCUT2D eigenvalue weighted by Gasteiger charge is 2.16. The van der Waals surface area contributed by atoms with Gasteiger partial charge in [-0.15, -0.1) is 0 Å². The maximum absolute atomic E-state index is 3.99. The van der Waals surface area contributed by atoms with Gasteiger partial charge < -0.3 is 0 Å². The van der Waals surface area contributed by atoms with E-state index < -0.39 is 0 Å². The Labute approximate surface area is 205 Å². The van der Waals surface area contributed by atoms with Crippen LogP contribution in [0.3, 0.4) is 0 Å². The van der Waals surface area contributed by atoms with Gasteiger partial charge in [0.1, 0.15) is 0 Å². The van der Waals surface area contributed by atoms with Crippen molar-refractivity contribution in [3.8, 4) is 0 Å². The minimum absolute atomic E-state index is 0.238. The van der Waals surface area contributed by atoms with Crippen LogP contribution in [0.15, 0.2) is 36.7 Å². The lowest BCUT2D eigenvalue weighted by Crippen LogP contribution is -2.02. The van der Waals surface area contributed by atoms with Crippen LogP contribution < -0.4 is 0 Å². The Bertz CT molecular complexity index is 867. The van der Waals surface area contributed by atoms with E-state index in [9.17, 15) is 0 Å². The summed E-state index contributed by atoms with van der Waals surface area (Å²) in [5.74, 6) is 0. The fraction of sp³-hybridized carbons (Fsp3) is 0.273. The average molecular weight is 687 g/mol. The molecule has 1 aromatic carbocycles. The number of rotatable bonds is 6. The van der Waals surface area contributed by atoms with Crippen LogP contribution in [0.5, 0.6) is 0 Å². The molecular weight excluding hydrogens is 664 g/mol. The Morgan fingerprint density at radius 3 is 1.70 bits per heavy atom. The lowest BCUT2D eigenvalue weighted by Gasteiger charge is -2.19. The standard InChI is InChI=1S/C22H23Br5/c1-11(15(5)23)8-18-12(2)13(3)19(9-21(26)16(6)24)20(14(18)4)10-22(27)17(7)25/h8-10,16H,5,7H2,1-4,6H3/b11-8-,21-9+,22-10+. The molecule has 1 unspecified atom stereocenters. The summed E-state index contributed by atoms with van der Waals surface area (Å²) >= 11 is 17.9. The molecule has 1 rings (SSSR count). The van der Waals surface area contributed by atoms with Crippen LogP contribution >= 0.6 is 79.6 Å². The van der Waals surface area contributed by atoms with Gasteiger partial charge in [0.05, 0.1) is 0 Å². The number of hydrogen-bond acceptors (Lipinski definition) is 0. The quantitative estimate of drug-likeness (QED) is 0.207. The van der Waals surface area contributed by atoms with Crippen LogP contribution in [0.4, 0.5) is 0 Å². The molecule has 5 heteroatoms. The van der Waals surface area contributed by atoms with E-state index in [1.165, 1.54) is 27.8 Å². The van der Waals surface area contributed by atoms with E-state index in [2.05, 4.69) is 146 Å². The largest absolute Gasteiger partial charge is 0.0845 e. The summed E-state index contributed by atoms with van der Waals surface area (Å²) in [6, 6.07) is 0. The van der Waals surface area contributed by atoms with Crippen molar-refractivity contribution >= 4 is 97.9 Å². The maximum Gasteiger partial charge on any atom is 0.0433 e. The molecule has 0 aliphatic carbocycles. The van der Waals surface area contributed by atoms with Gasteiger partial charge in [-0.3, -0.25) is 0 Å². The van der Waals surface area contributed by atoms with Crippen LogP contribution in [0.2, 0.25) is 0 Å². The van der Waals surface area contributed by atoms with Gasteiger partial charge in [-0.25, -0.2) is 0 Å². The molecule has 0 nitrogen and oxygen atoms in total. The second-order valence-electron chi connectivity index (χ2n) is 6.39. The molecule has 0 radical (unpaired) electrons. The minimum atomic E-state index is 0.238. The third-order valence-corrected chi connectivity index (χ3v) is 8.77. The zero-order valence-corrected chi connectivity index (χ0v) is 24.0. The van der Waals surface area contributed by atoms with Gasteiger partial charge in [0.2, 0.25) is 0 Å². The molecule has 1 atom stereocenters. The first kappa shape index (κ1) is 25.4. The molecule has 27 heavy (non-hydrogen) atoms. The summed E-state index contributed by atoms with van der Waals surface area (Å²) in [5, 5.41) is 0. The van der Waals surface area contributed by atoms with Gasteiger partial charge >= 0.3 is 0 Å². The SMILES string of the molecule is C=C(Br)/C(C)=C\c1c(C)c(C)c(/C=C(/Br)C(C)Br)c(/C=C(/Br)C(=C)Br)c1C. The molecule has 1 aromatic rings. The van der Waals surface area contributed by atoms with Crippen molar-refractivity contribution in [1.29, 1.82) is 0 Å².